The number of anilines is 1. The van der Waals surface area contributed by atoms with Gasteiger partial charge >= 0.3 is 5.69 Å². The van der Waals surface area contributed by atoms with Crippen molar-refractivity contribution in [3.05, 3.63) is 40.0 Å². The lowest BCUT2D eigenvalue weighted by atomic mass is 10.2. The van der Waals surface area contributed by atoms with Crippen molar-refractivity contribution >= 4 is 11.4 Å². The Morgan fingerprint density at radius 3 is 3.00 bits per heavy atom. The van der Waals surface area contributed by atoms with E-state index in [4.69, 9.17) is 4.74 Å². The van der Waals surface area contributed by atoms with Crippen molar-refractivity contribution in [3.63, 3.8) is 0 Å². The number of aryl methyl sites for hydroxylation is 1. The Bertz CT molecular complexity index is 728. The minimum absolute atomic E-state index is 0.0289. The normalized spacial score (nSPS) is 13.9. The first-order chi connectivity index (χ1) is 11.7. The van der Waals surface area contributed by atoms with Crippen LogP contribution in [0.3, 0.4) is 0 Å². The van der Waals surface area contributed by atoms with E-state index >= 15 is 0 Å². The monoisotopic (exact) mass is 331 g/mol. The zero-order valence-electron chi connectivity index (χ0n) is 13.7. The summed E-state index contributed by atoms with van der Waals surface area (Å²) in [7, 11) is 0. The Morgan fingerprint density at radius 1 is 1.33 bits per heavy atom. The third-order valence-corrected chi connectivity index (χ3v) is 4.09. The number of hydrogen-bond acceptors (Lipinski definition) is 6. The molecule has 2 heterocycles. The quantitative estimate of drug-likeness (QED) is 0.646. The van der Waals surface area contributed by atoms with Gasteiger partial charge in [-0.25, -0.2) is 0 Å². The van der Waals surface area contributed by atoms with Gasteiger partial charge < -0.3 is 14.6 Å². The Labute approximate surface area is 140 Å². The zero-order chi connectivity index (χ0) is 16.9. The van der Waals surface area contributed by atoms with Crippen molar-refractivity contribution < 1.29 is 9.66 Å². The Morgan fingerprint density at radius 2 is 2.21 bits per heavy atom. The molecule has 0 unspecified atom stereocenters. The molecule has 128 valence electrons. The second kappa shape index (κ2) is 7.29. The van der Waals surface area contributed by atoms with E-state index in [0.29, 0.717) is 13.2 Å². The van der Waals surface area contributed by atoms with Gasteiger partial charge in [0, 0.05) is 30.8 Å². The highest BCUT2D eigenvalue weighted by Gasteiger charge is 2.17. The van der Waals surface area contributed by atoms with Crippen molar-refractivity contribution in [2.24, 2.45) is 0 Å². The molecule has 0 atom stereocenters. The van der Waals surface area contributed by atoms with Crippen molar-refractivity contribution in [2.45, 2.75) is 45.7 Å². The summed E-state index contributed by atoms with van der Waals surface area (Å²) in [6, 6.07) is 4.79. The van der Waals surface area contributed by atoms with E-state index in [-0.39, 0.29) is 11.4 Å². The maximum atomic E-state index is 11.0. The molecule has 1 aromatic heterocycles. The molecule has 1 aromatic carbocycles. The molecule has 1 aliphatic heterocycles. The number of nitro groups is 1. The van der Waals surface area contributed by atoms with Crippen LogP contribution in [0, 0.1) is 10.1 Å². The molecule has 0 aliphatic carbocycles. The second-order valence-corrected chi connectivity index (χ2v) is 5.72. The summed E-state index contributed by atoms with van der Waals surface area (Å²) < 4.78 is 7.54. The lowest BCUT2D eigenvalue weighted by Crippen LogP contribution is -2.10. The van der Waals surface area contributed by atoms with E-state index < -0.39 is 4.92 Å². The fraction of sp³-hybridized carbons (Fsp3) is 0.500. The Balaban J connectivity index is 1.74. The molecule has 0 radical (unpaired) electrons. The van der Waals surface area contributed by atoms with Crippen LogP contribution in [0.15, 0.2) is 18.2 Å². The number of ether oxygens (including phenoxy) is 1. The molecular weight excluding hydrogens is 310 g/mol. The number of aromatic nitrogens is 3. The minimum atomic E-state index is -0.437. The molecule has 0 saturated heterocycles. The van der Waals surface area contributed by atoms with E-state index in [1.165, 1.54) is 12.5 Å². The number of hydrogen-bond donors (Lipinski definition) is 1. The molecule has 0 saturated carbocycles. The lowest BCUT2D eigenvalue weighted by Gasteiger charge is -2.10. The van der Waals surface area contributed by atoms with Gasteiger partial charge in [-0.1, -0.05) is 6.42 Å². The van der Waals surface area contributed by atoms with Gasteiger partial charge in [0.2, 0.25) is 0 Å². The van der Waals surface area contributed by atoms with Gasteiger partial charge in [0.15, 0.2) is 11.6 Å². The molecule has 3 rings (SSSR count). The number of rotatable bonds is 6. The first kappa shape index (κ1) is 16.2. The average molecular weight is 331 g/mol. The summed E-state index contributed by atoms with van der Waals surface area (Å²) in [4.78, 5) is 10.6. The van der Waals surface area contributed by atoms with Crippen LogP contribution in [-0.2, 0) is 19.5 Å². The Kier molecular flexibility index (Phi) is 4.93. The number of fused-ring (bicyclic) bond motifs is 1. The van der Waals surface area contributed by atoms with Crippen molar-refractivity contribution in [3.8, 4) is 5.75 Å². The third kappa shape index (κ3) is 3.47. The number of benzene rings is 1. The van der Waals surface area contributed by atoms with Crippen LogP contribution >= 0.6 is 0 Å². The third-order valence-electron chi connectivity index (χ3n) is 4.09. The minimum Gasteiger partial charge on any atom is -0.487 e. The van der Waals surface area contributed by atoms with Crippen LogP contribution in [0.5, 0.6) is 5.75 Å². The maximum Gasteiger partial charge on any atom is 0.311 e. The fourth-order valence-electron chi connectivity index (χ4n) is 2.90. The number of nitro benzene ring substituents is 1. The predicted octanol–water partition coefficient (Wildman–Crippen LogP) is 2.92. The van der Waals surface area contributed by atoms with Gasteiger partial charge in [-0.05, 0) is 25.8 Å². The molecule has 0 amide bonds. The molecule has 2 aromatic rings. The molecule has 0 bridgehead atoms. The van der Waals surface area contributed by atoms with Crippen LogP contribution < -0.4 is 10.1 Å². The highest BCUT2D eigenvalue weighted by Crippen LogP contribution is 2.30. The van der Waals surface area contributed by atoms with Gasteiger partial charge in [0.25, 0.3) is 0 Å². The van der Waals surface area contributed by atoms with Crippen LogP contribution in [0.25, 0.3) is 0 Å². The maximum absolute atomic E-state index is 11.0. The van der Waals surface area contributed by atoms with Crippen LogP contribution in [0.2, 0.25) is 0 Å². The fourth-order valence-corrected chi connectivity index (χ4v) is 2.90. The molecule has 24 heavy (non-hydrogen) atoms. The van der Waals surface area contributed by atoms with Gasteiger partial charge in [0.05, 0.1) is 18.1 Å². The highest BCUT2D eigenvalue weighted by atomic mass is 16.6. The SMILES string of the molecule is CCOc1cc(NCc2nnc3n2CCCCC3)ccc1[N+](=O)[O-]. The first-order valence-electron chi connectivity index (χ1n) is 8.25. The van der Waals surface area contributed by atoms with Crippen LogP contribution in [0.4, 0.5) is 11.4 Å². The van der Waals surface area contributed by atoms with Crippen molar-refractivity contribution in [2.75, 3.05) is 11.9 Å². The smallest absolute Gasteiger partial charge is 0.311 e. The number of nitrogens with one attached hydrogen (secondary N) is 1. The molecule has 8 heteroatoms. The van der Waals surface area contributed by atoms with E-state index in [1.54, 1.807) is 19.1 Å². The summed E-state index contributed by atoms with van der Waals surface area (Å²) in [6.45, 7) is 3.65. The van der Waals surface area contributed by atoms with Gasteiger partial charge in [-0.2, -0.15) is 0 Å². The molecule has 1 aliphatic rings. The van der Waals surface area contributed by atoms with Gasteiger partial charge in [0.1, 0.15) is 5.82 Å². The molecule has 0 fully saturated rings. The summed E-state index contributed by atoms with van der Waals surface area (Å²) in [5.74, 6) is 2.21. The lowest BCUT2D eigenvalue weighted by molar-refractivity contribution is -0.385. The van der Waals surface area contributed by atoms with Crippen LogP contribution in [-0.4, -0.2) is 26.3 Å². The topological polar surface area (TPSA) is 95.1 Å². The Hall–Kier alpha value is -2.64. The summed E-state index contributed by atoms with van der Waals surface area (Å²) in [6.07, 6.45) is 4.49. The van der Waals surface area contributed by atoms with Crippen molar-refractivity contribution in [1.82, 2.24) is 14.8 Å². The van der Waals surface area contributed by atoms with E-state index in [1.807, 2.05) is 0 Å². The first-order valence-corrected chi connectivity index (χ1v) is 8.25. The zero-order valence-corrected chi connectivity index (χ0v) is 13.7. The van der Waals surface area contributed by atoms with Gasteiger partial charge in [-0.15, -0.1) is 10.2 Å². The summed E-state index contributed by atoms with van der Waals surface area (Å²) in [5.41, 5.74) is 0.730. The summed E-state index contributed by atoms with van der Waals surface area (Å²) >= 11 is 0. The van der Waals surface area contributed by atoms with Crippen molar-refractivity contribution in [1.29, 1.82) is 0 Å². The number of nitrogens with zero attached hydrogens (tertiary/aromatic N) is 4. The molecular formula is C16H21N5O3. The average Bonchev–Trinajstić information content (AvgIpc) is 2.80. The molecule has 1 N–H and O–H groups in total. The largest absolute Gasteiger partial charge is 0.487 e. The second-order valence-electron chi connectivity index (χ2n) is 5.72. The summed E-state index contributed by atoms with van der Waals surface area (Å²) in [5, 5.41) is 22.8. The van der Waals surface area contributed by atoms with E-state index in [9.17, 15) is 10.1 Å². The molecule has 0 spiro atoms. The van der Waals surface area contributed by atoms with Crippen LogP contribution in [0.1, 0.15) is 37.8 Å². The molecule has 8 nitrogen and oxygen atoms in total. The predicted molar refractivity (Wildman–Crippen MR) is 89.2 cm³/mol. The van der Waals surface area contributed by atoms with E-state index in [2.05, 4.69) is 20.1 Å². The highest BCUT2D eigenvalue weighted by molar-refractivity contribution is 5.58. The standard InChI is InChI=1S/C16H21N5O3/c1-2-24-14-10-12(7-8-13(14)21(22)23)17-11-16-19-18-15-6-4-3-5-9-20(15)16/h7-8,10,17H,2-6,9,11H2,1H3. The van der Waals surface area contributed by atoms with E-state index in [0.717, 1.165) is 43.1 Å². The van der Waals surface area contributed by atoms with Gasteiger partial charge in [-0.3, -0.25) is 10.1 Å².